The van der Waals surface area contributed by atoms with Crippen molar-refractivity contribution in [3.05, 3.63) is 86.5 Å². The number of hydrogen-bond acceptors (Lipinski definition) is 7. The van der Waals surface area contributed by atoms with Crippen LogP contribution in [0.5, 0.6) is 11.6 Å². The average molecular weight is 513 g/mol. The lowest BCUT2D eigenvalue weighted by molar-refractivity contribution is -0.123. The zero-order chi connectivity index (χ0) is 25.2. The zero-order valence-corrected chi connectivity index (χ0v) is 20.6. The summed E-state index contributed by atoms with van der Waals surface area (Å²) in [6, 6.07) is 16.2. The average Bonchev–Trinajstić information content (AvgIpc) is 2.82. The smallest absolute Gasteiger partial charge is 0.278 e. The first-order valence-electron chi connectivity index (χ1n) is 10.4. The van der Waals surface area contributed by atoms with E-state index in [0.717, 1.165) is 5.56 Å². The van der Waals surface area contributed by atoms with E-state index in [1.54, 1.807) is 49.4 Å². The highest BCUT2D eigenvalue weighted by molar-refractivity contribution is 6.35. The van der Waals surface area contributed by atoms with Crippen molar-refractivity contribution in [1.29, 1.82) is 5.26 Å². The molecule has 0 saturated heterocycles. The molecule has 0 unspecified atom stereocenters. The van der Waals surface area contributed by atoms with Crippen LogP contribution in [0.4, 0.5) is 0 Å². The van der Waals surface area contributed by atoms with E-state index in [0.29, 0.717) is 32.6 Å². The van der Waals surface area contributed by atoms with Gasteiger partial charge in [0.05, 0.1) is 12.8 Å². The molecule has 0 aliphatic heterocycles. The Labute approximate surface area is 213 Å². The van der Waals surface area contributed by atoms with Crippen LogP contribution in [0.25, 0.3) is 0 Å². The maximum absolute atomic E-state index is 12.2. The van der Waals surface area contributed by atoms with E-state index in [1.807, 2.05) is 12.1 Å². The molecule has 35 heavy (non-hydrogen) atoms. The first-order valence-corrected chi connectivity index (χ1v) is 11.2. The van der Waals surface area contributed by atoms with Crippen LogP contribution in [0.2, 0.25) is 10.0 Å². The van der Waals surface area contributed by atoms with Gasteiger partial charge in [0.1, 0.15) is 24.0 Å². The predicted octanol–water partition coefficient (Wildman–Crippen LogP) is 4.82. The summed E-state index contributed by atoms with van der Waals surface area (Å²) in [6.45, 7) is 1.91. The molecule has 0 radical (unpaired) electrons. The van der Waals surface area contributed by atoms with Crippen LogP contribution >= 0.6 is 23.2 Å². The van der Waals surface area contributed by atoms with Gasteiger partial charge >= 0.3 is 0 Å². The van der Waals surface area contributed by atoms with Crippen LogP contribution < -0.4 is 14.9 Å². The first-order chi connectivity index (χ1) is 16.9. The number of hydrazone groups is 1. The van der Waals surface area contributed by atoms with Gasteiger partial charge in [0.25, 0.3) is 5.91 Å². The van der Waals surface area contributed by atoms with E-state index in [-0.39, 0.29) is 31.3 Å². The number of hydrogen-bond donors (Lipinski definition) is 1. The van der Waals surface area contributed by atoms with Crippen LogP contribution in [-0.2, 0) is 22.7 Å². The Morgan fingerprint density at radius 3 is 2.71 bits per heavy atom. The molecule has 3 aromatic rings. The molecule has 8 nitrogen and oxygen atoms in total. The molecule has 0 aliphatic rings. The summed E-state index contributed by atoms with van der Waals surface area (Å²) < 4.78 is 16.3. The fraction of sp³-hybridized carbons (Fsp3) is 0.200. The van der Waals surface area contributed by atoms with Crippen molar-refractivity contribution < 1.29 is 19.0 Å². The molecular weight excluding hydrogens is 491 g/mol. The summed E-state index contributed by atoms with van der Waals surface area (Å²) in [4.78, 5) is 16.4. The Hall–Kier alpha value is -3.64. The number of nitrogens with one attached hydrogen (secondary N) is 1. The van der Waals surface area contributed by atoms with Crippen LogP contribution in [0.1, 0.15) is 27.9 Å². The van der Waals surface area contributed by atoms with Gasteiger partial charge in [-0.05, 0) is 42.8 Å². The molecule has 1 heterocycles. The lowest BCUT2D eigenvalue weighted by Gasteiger charge is -2.10. The van der Waals surface area contributed by atoms with E-state index in [4.69, 9.17) is 37.4 Å². The van der Waals surface area contributed by atoms with Gasteiger partial charge in [-0.2, -0.15) is 10.4 Å². The Balaban J connectivity index is 1.54. The fourth-order valence-electron chi connectivity index (χ4n) is 3.03. The standard InChI is InChI=1S/C25H22Cl2N4O4/c1-16-8-19(13-33-2)22(11-28)25(30-16)35-15-24(32)31-29-12-17-4-3-5-21(9-17)34-14-18-6-7-20(26)10-23(18)27/h3-10,12H,13-15H2,1-2H3,(H,31,32)/b29-12+. The number of pyridine rings is 1. The summed E-state index contributed by atoms with van der Waals surface area (Å²) in [5.41, 5.74) is 5.40. The van der Waals surface area contributed by atoms with Crippen molar-refractivity contribution in [2.45, 2.75) is 20.1 Å². The summed E-state index contributed by atoms with van der Waals surface area (Å²) in [5, 5.41) is 14.5. The van der Waals surface area contributed by atoms with Gasteiger partial charge in [0.15, 0.2) is 6.61 Å². The summed E-state index contributed by atoms with van der Waals surface area (Å²) in [7, 11) is 1.53. The molecule has 0 fully saturated rings. The van der Waals surface area contributed by atoms with Gasteiger partial charge in [0, 0.05) is 34.0 Å². The SMILES string of the molecule is COCc1cc(C)nc(OCC(=O)N/N=C/c2cccc(OCc3ccc(Cl)cc3Cl)c2)c1C#N. The number of aryl methyl sites for hydroxylation is 1. The number of ether oxygens (including phenoxy) is 3. The number of nitrogens with zero attached hydrogens (tertiary/aromatic N) is 3. The fourth-order valence-corrected chi connectivity index (χ4v) is 3.50. The van der Waals surface area contributed by atoms with Crippen LogP contribution in [-0.4, -0.2) is 30.8 Å². The maximum Gasteiger partial charge on any atom is 0.278 e. The number of benzene rings is 2. The maximum atomic E-state index is 12.2. The molecule has 0 bridgehead atoms. The number of halogens is 2. The molecule has 3 rings (SSSR count). The molecule has 10 heteroatoms. The molecule has 1 N–H and O–H groups in total. The topological polar surface area (TPSA) is 106 Å². The van der Waals surface area contributed by atoms with Crippen molar-refractivity contribution in [2.75, 3.05) is 13.7 Å². The number of nitriles is 1. The Morgan fingerprint density at radius 1 is 1.14 bits per heavy atom. The van der Waals surface area contributed by atoms with Gasteiger partial charge in [0.2, 0.25) is 5.88 Å². The number of amides is 1. The lowest BCUT2D eigenvalue weighted by atomic mass is 10.1. The lowest BCUT2D eigenvalue weighted by Crippen LogP contribution is -2.25. The molecule has 1 amide bonds. The second kappa shape index (κ2) is 12.7. The van der Waals surface area contributed by atoms with Crippen molar-refractivity contribution in [1.82, 2.24) is 10.4 Å². The predicted molar refractivity (Wildman–Crippen MR) is 133 cm³/mol. The second-order valence-electron chi connectivity index (χ2n) is 7.33. The Bertz CT molecular complexity index is 1270. The minimum absolute atomic E-state index is 0.0734. The summed E-state index contributed by atoms with van der Waals surface area (Å²) >= 11 is 12.1. The number of carbonyl (C=O) groups excluding carboxylic acids is 1. The van der Waals surface area contributed by atoms with Crippen molar-refractivity contribution in [2.24, 2.45) is 5.10 Å². The van der Waals surface area contributed by atoms with Gasteiger partial charge < -0.3 is 14.2 Å². The quantitative estimate of drug-likeness (QED) is 0.308. The van der Waals surface area contributed by atoms with E-state index < -0.39 is 5.91 Å². The number of carbonyl (C=O) groups is 1. The third-order valence-electron chi connectivity index (χ3n) is 4.62. The molecule has 0 atom stereocenters. The summed E-state index contributed by atoms with van der Waals surface area (Å²) in [6.07, 6.45) is 1.47. The first kappa shape index (κ1) is 26.0. The van der Waals surface area contributed by atoms with E-state index in [1.165, 1.54) is 13.3 Å². The van der Waals surface area contributed by atoms with E-state index in [9.17, 15) is 10.1 Å². The molecular formula is C25H22Cl2N4O4. The molecule has 0 aliphatic carbocycles. The minimum Gasteiger partial charge on any atom is -0.489 e. The van der Waals surface area contributed by atoms with Crippen LogP contribution in [0.3, 0.4) is 0 Å². The highest BCUT2D eigenvalue weighted by atomic mass is 35.5. The van der Waals surface area contributed by atoms with Gasteiger partial charge in [-0.25, -0.2) is 10.4 Å². The normalized spacial score (nSPS) is 10.7. The Morgan fingerprint density at radius 2 is 1.97 bits per heavy atom. The third kappa shape index (κ3) is 7.69. The van der Waals surface area contributed by atoms with Gasteiger partial charge in [-0.3, -0.25) is 4.79 Å². The van der Waals surface area contributed by atoms with Gasteiger partial charge in [-0.15, -0.1) is 0 Å². The number of aromatic nitrogens is 1. The van der Waals surface area contributed by atoms with Crippen molar-refractivity contribution >= 4 is 35.3 Å². The largest absolute Gasteiger partial charge is 0.489 e. The molecule has 2 aromatic carbocycles. The van der Waals surface area contributed by atoms with Crippen LogP contribution in [0, 0.1) is 18.3 Å². The second-order valence-corrected chi connectivity index (χ2v) is 8.17. The van der Waals surface area contributed by atoms with Gasteiger partial charge in [-0.1, -0.05) is 41.4 Å². The zero-order valence-electron chi connectivity index (χ0n) is 19.0. The molecule has 0 saturated carbocycles. The highest BCUT2D eigenvalue weighted by Crippen LogP contribution is 2.23. The van der Waals surface area contributed by atoms with E-state index in [2.05, 4.69) is 15.5 Å². The van der Waals surface area contributed by atoms with Crippen molar-refractivity contribution in [3.8, 4) is 17.7 Å². The minimum atomic E-state index is -0.508. The number of methoxy groups -OCH3 is 1. The molecule has 180 valence electrons. The monoisotopic (exact) mass is 512 g/mol. The molecule has 1 aromatic heterocycles. The number of rotatable bonds is 10. The highest BCUT2D eigenvalue weighted by Gasteiger charge is 2.14. The van der Waals surface area contributed by atoms with Crippen molar-refractivity contribution in [3.63, 3.8) is 0 Å². The van der Waals surface area contributed by atoms with E-state index >= 15 is 0 Å². The Kier molecular flexibility index (Phi) is 9.44. The summed E-state index contributed by atoms with van der Waals surface area (Å²) in [5.74, 6) is 0.173. The molecule has 0 spiro atoms. The van der Waals surface area contributed by atoms with Crippen LogP contribution in [0.15, 0.2) is 53.6 Å². The third-order valence-corrected chi connectivity index (χ3v) is 5.20.